The Bertz CT molecular complexity index is 1240. The van der Waals surface area contributed by atoms with E-state index in [4.69, 9.17) is 4.74 Å². The number of nitro benzene ring substituents is 1. The van der Waals surface area contributed by atoms with Gasteiger partial charge in [0.15, 0.2) is 5.75 Å². The van der Waals surface area contributed by atoms with Gasteiger partial charge in [0.2, 0.25) is 0 Å². The van der Waals surface area contributed by atoms with Gasteiger partial charge in [0, 0.05) is 30.8 Å². The van der Waals surface area contributed by atoms with Crippen LogP contribution >= 0.6 is 0 Å². The summed E-state index contributed by atoms with van der Waals surface area (Å²) in [5.74, 6) is -0.352. The molecular formula is C23H16N2O4. The molecule has 0 aliphatic heterocycles. The number of benzene rings is 4. The lowest BCUT2D eigenvalue weighted by Gasteiger charge is -2.09. The van der Waals surface area contributed by atoms with E-state index < -0.39 is 10.9 Å². The van der Waals surface area contributed by atoms with Crippen LogP contribution in [0, 0.1) is 10.1 Å². The lowest BCUT2D eigenvalue weighted by molar-refractivity contribution is -0.384. The molecule has 0 bridgehead atoms. The van der Waals surface area contributed by atoms with Crippen molar-refractivity contribution in [2.75, 3.05) is 0 Å². The van der Waals surface area contributed by atoms with E-state index in [9.17, 15) is 14.9 Å². The third-order valence-electron chi connectivity index (χ3n) is 4.55. The van der Waals surface area contributed by atoms with Crippen molar-refractivity contribution in [3.8, 4) is 5.75 Å². The summed E-state index contributed by atoms with van der Waals surface area (Å²) in [6.07, 6.45) is 1.66. The molecule has 0 fully saturated rings. The van der Waals surface area contributed by atoms with Gasteiger partial charge in [0.05, 0.1) is 4.92 Å². The van der Waals surface area contributed by atoms with Crippen LogP contribution in [0.1, 0.15) is 12.5 Å². The largest absolute Gasteiger partial charge is 0.424 e. The van der Waals surface area contributed by atoms with E-state index in [-0.39, 0.29) is 17.1 Å². The van der Waals surface area contributed by atoms with Gasteiger partial charge < -0.3 is 4.74 Å². The second-order valence-electron chi connectivity index (χ2n) is 6.49. The third kappa shape index (κ3) is 3.68. The smallest absolute Gasteiger partial charge is 0.308 e. The molecule has 6 heteroatoms. The molecule has 0 aliphatic rings. The first kappa shape index (κ1) is 18.3. The summed E-state index contributed by atoms with van der Waals surface area (Å²) in [7, 11) is 0. The Labute approximate surface area is 166 Å². The average Bonchev–Trinajstić information content (AvgIpc) is 2.71. The maximum absolute atomic E-state index is 11.4. The summed E-state index contributed by atoms with van der Waals surface area (Å²) < 4.78 is 5.17. The van der Waals surface area contributed by atoms with E-state index in [2.05, 4.69) is 11.1 Å². The molecular weight excluding hydrogens is 368 g/mol. The maximum Gasteiger partial charge on any atom is 0.308 e. The molecule has 0 saturated heterocycles. The van der Waals surface area contributed by atoms with Gasteiger partial charge in [-0.3, -0.25) is 19.9 Å². The van der Waals surface area contributed by atoms with Crippen LogP contribution in [0.3, 0.4) is 0 Å². The number of non-ortho nitro benzene ring substituents is 1. The number of carbonyl (C=O) groups excluding carboxylic acids is 1. The maximum atomic E-state index is 11.4. The highest BCUT2D eigenvalue weighted by atomic mass is 16.6. The molecule has 0 heterocycles. The van der Waals surface area contributed by atoms with Crippen LogP contribution in [-0.2, 0) is 4.79 Å². The van der Waals surface area contributed by atoms with Gasteiger partial charge in [-0.25, -0.2) is 0 Å². The van der Waals surface area contributed by atoms with Crippen LogP contribution in [0.5, 0.6) is 5.75 Å². The summed E-state index contributed by atoms with van der Waals surface area (Å²) in [5.41, 5.74) is 0.973. The number of esters is 1. The van der Waals surface area contributed by atoms with Crippen molar-refractivity contribution in [3.63, 3.8) is 0 Å². The summed E-state index contributed by atoms with van der Waals surface area (Å²) in [6.45, 7) is 1.27. The molecule has 0 spiro atoms. The molecule has 0 saturated carbocycles. The second kappa shape index (κ2) is 7.52. The molecule has 0 N–H and O–H groups in total. The van der Waals surface area contributed by atoms with Crippen molar-refractivity contribution in [2.45, 2.75) is 6.92 Å². The van der Waals surface area contributed by atoms with Gasteiger partial charge in [0.25, 0.3) is 5.69 Å². The van der Waals surface area contributed by atoms with Crippen molar-refractivity contribution in [2.24, 2.45) is 4.99 Å². The predicted octanol–water partition coefficient (Wildman–Crippen LogP) is 5.58. The van der Waals surface area contributed by atoms with Gasteiger partial charge in [0.1, 0.15) is 5.69 Å². The molecule has 0 atom stereocenters. The Morgan fingerprint density at radius 1 is 0.966 bits per heavy atom. The van der Waals surface area contributed by atoms with Crippen LogP contribution in [0.25, 0.3) is 21.5 Å². The standard InChI is InChI=1S/C23H16N2O4/c1-15(26)29-23-11-10-18(25(27)28)13-22(23)24-14-21-19-8-4-2-6-16(19)12-17-7-3-5-9-20(17)21/h2-14H,1H3. The van der Waals surface area contributed by atoms with E-state index >= 15 is 0 Å². The highest BCUT2D eigenvalue weighted by molar-refractivity contribution is 6.13. The van der Waals surface area contributed by atoms with Crippen molar-refractivity contribution in [1.29, 1.82) is 0 Å². The zero-order valence-electron chi connectivity index (χ0n) is 15.5. The number of fused-ring (bicyclic) bond motifs is 2. The van der Waals surface area contributed by atoms with Gasteiger partial charge in [-0.05, 0) is 33.7 Å². The normalized spacial score (nSPS) is 11.2. The Morgan fingerprint density at radius 2 is 1.59 bits per heavy atom. The Morgan fingerprint density at radius 3 is 2.17 bits per heavy atom. The summed E-state index contributed by atoms with van der Waals surface area (Å²) in [4.78, 5) is 26.5. The fourth-order valence-corrected chi connectivity index (χ4v) is 3.28. The Kier molecular flexibility index (Phi) is 4.75. The van der Waals surface area contributed by atoms with Crippen LogP contribution in [0.4, 0.5) is 11.4 Å². The minimum absolute atomic E-state index is 0.129. The molecule has 0 unspecified atom stereocenters. The molecule has 0 aliphatic carbocycles. The van der Waals surface area contributed by atoms with E-state index in [1.54, 1.807) is 6.21 Å². The monoisotopic (exact) mass is 384 g/mol. The van der Waals surface area contributed by atoms with Crippen molar-refractivity contribution in [1.82, 2.24) is 0 Å². The quantitative estimate of drug-likeness (QED) is 0.115. The number of nitrogens with zero attached hydrogens (tertiary/aromatic N) is 2. The number of rotatable bonds is 4. The number of hydrogen-bond donors (Lipinski definition) is 0. The molecule has 6 nitrogen and oxygen atoms in total. The van der Waals surface area contributed by atoms with E-state index in [1.165, 1.54) is 25.1 Å². The van der Waals surface area contributed by atoms with Gasteiger partial charge in [-0.15, -0.1) is 0 Å². The topological polar surface area (TPSA) is 81.8 Å². The Balaban J connectivity index is 1.91. The van der Waals surface area contributed by atoms with E-state index in [0.29, 0.717) is 0 Å². The third-order valence-corrected chi connectivity index (χ3v) is 4.55. The lowest BCUT2D eigenvalue weighted by atomic mass is 9.97. The first-order valence-corrected chi connectivity index (χ1v) is 8.94. The van der Waals surface area contributed by atoms with Gasteiger partial charge in [-0.2, -0.15) is 0 Å². The van der Waals surface area contributed by atoms with Crippen LogP contribution in [0.2, 0.25) is 0 Å². The summed E-state index contributed by atoms with van der Waals surface area (Å²) in [6, 6.07) is 22.0. The minimum Gasteiger partial charge on any atom is -0.424 e. The average molecular weight is 384 g/mol. The van der Waals surface area contributed by atoms with Gasteiger partial charge >= 0.3 is 5.97 Å². The zero-order valence-corrected chi connectivity index (χ0v) is 15.5. The van der Waals surface area contributed by atoms with Crippen molar-refractivity contribution >= 4 is 45.1 Å². The fraction of sp³-hybridized carbons (Fsp3) is 0.0435. The Hall–Kier alpha value is -4.06. The summed E-state index contributed by atoms with van der Waals surface area (Å²) in [5, 5.41) is 15.3. The minimum atomic E-state index is -0.522. The highest BCUT2D eigenvalue weighted by Gasteiger charge is 2.13. The number of ether oxygens (including phenoxy) is 1. The van der Waals surface area contributed by atoms with E-state index in [1.807, 2.05) is 48.5 Å². The van der Waals surface area contributed by atoms with Crippen LogP contribution in [0.15, 0.2) is 77.8 Å². The lowest BCUT2D eigenvalue weighted by Crippen LogP contribution is -2.02. The van der Waals surface area contributed by atoms with Crippen molar-refractivity contribution < 1.29 is 14.5 Å². The second-order valence-corrected chi connectivity index (χ2v) is 6.49. The fourth-order valence-electron chi connectivity index (χ4n) is 3.28. The number of aliphatic imine (C=N–C) groups is 1. The predicted molar refractivity (Wildman–Crippen MR) is 113 cm³/mol. The number of nitro groups is 1. The van der Waals surface area contributed by atoms with Gasteiger partial charge in [-0.1, -0.05) is 48.5 Å². The molecule has 0 aromatic heterocycles. The van der Waals surface area contributed by atoms with E-state index in [0.717, 1.165) is 27.1 Å². The molecule has 4 rings (SSSR count). The number of carbonyl (C=O) groups is 1. The van der Waals surface area contributed by atoms with Crippen LogP contribution in [-0.4, -0.2) is 17.1 Å². The van der Waals surface area contributed by atoms with Crippen molar-refractivity contribution in [3.05, 3.63) is 88.5 Å². The summed E-state index contributed by atoms with van der Waals surface area (Å²) >= 11 is 0. The van der Waals surface area contributed by atoms with Crippen LogP contribution < -0.4 is 4.74 Å². The first-order chi connectivity index (χ1) is 14.0. The first-order valence-electron chi connectivity index (χ1n) is 8.94. The molecule has 4 aromatic rings. The number of hydrogen-bond acceptors (Lipinski definition) is 5. The molecule has 142 valence electrons. The molecule has 29 heavy (non-hydrogen) atoms. The highest BCUT2D eigenvalue weighted by Crippen LogP contribution is 2.33. The molecule has 0 amide bonds. The molecule has 0 radical (unpaired) electrons. The SMILES string of the molecule is CC(=O)Oc1ccc([N+](=O)[O-])cc1N=Cc1c2ccccc2cc2ccccc12. The molecule has 4 aromatic carbocycles. The zero-order chi connectivity index (χ0) is 20.4.